The number of hydrogen-bond donors (Lipinski definition) is 1. The molecule has 4 heteroatoms. The first kappa shape index (κ1) is 12.4. The highest BCUT2D eigenvalue weighted by Gasteiger charge is 2.31. The van der Waals surface area contributed by atoms with E-state index in [1.54, 1.807) is 13.3 Å². The maximum Gasteiger partial charge on any atom is 0.137 e. The van der Waals surface area contributed by atoms with Gasteiger partial charge in [-0.1, -0.05) is 6.08 Å². The molecule has 1 aliphatic heterocycles. The number of fused-ring (bicyclic) bond motifs is 1. The highest BCUT2D eigenvalue weighted by molar-refractivity contribution is 5.85. The van der Waals surface area contributed by atoms with E-state index >= 15 is 0 Å². The predicted molar refractivity (Wildman–Crippen MR) is 70.5 cm³/mol. The Bertz CT molecular complexity index is 433. The van der Waals surface area contributed by atoms with Crippen molar-refractivity contribution in [3.05, 3.63) is 30.1 Å². The van der Waals surface area contributed by atoms with Crippen molar-refractivity contribution >= 4 is 18.0 Å². The molecule has 1 aromatic heterocycles. The Labute approximate surface area is 108 Å². The minimum absolute atomic E-state index is 0. The fourth-order valence-electron chi connectivity index (χ4n) is 2.70. The predicted octanol–water partition coefficient (Wildman–Crippen LogP) is 2.13. The van der Waals surface area contributed by atoms with Gasteiger partial charge in [-0.15, -0.1) is 12.4 Å². The minimum atomic E-state index is 0. The van der Waals surface area contributed by atoms with Crippen molar-refractivity contribution in [3.63, 3.8) is 0 Å². The van der Waals surface area contributed by atoms with E-state index in [0.717, 1.165) is 30.7 Å². The molecule has 0 radical (unpaired) electrons. The summed E-state index contributed by atoms with van der Waals surface area (Å²) >= 11 is 0. The highest BCUT2D eigenvalue weighted by Crippen LogP contribution is 2.38. The fraction of sp³-hybridized carbons (Fsp3) is 0.462. The van der Waals surface area contributed by atoms with E-state index < -0.39 is 0 Å². The summed E-state index contributed by atoms with van der Waals surface area (Å²) in [6.45, 7) is 2.29. The standard InChI is InChI=1S/C13H16N2O.ClH/c1-16-13-4-12(7-15-8-13)9-2-10-5-14-6-11(10)3-9;/h2,4,7-8,10-11,14H,3,5-6H2,1H3;1H. The first-order chi connectivity index (χ1) is 7.86. The van der Waals surface area contributed by atoms with Crippen LogP contribution in [-0.4, -0.2) is 25.2 Å². The maximum atomic E-state index is 5.21. The largest absolute Gasteiger partial charge is 0.495 e. The Balaban J connectivity index is 0.00000108. The van der Waals surface area contributed by atoms with Gasteiger partial charge in [-0.3, -0.25) is 4.98 Å². The zero-order valence-electron chi connectivity index (χ0n) is 9.85. The van der Waals surface area contributed by atoms with Crippen LogP contribution in [0.25, 0.3) is 5.57 Å². The molecule has 1 fully saturated rings. The van der Waals surface area contributed by atoms with Crippen LogP contribution in [-0.2, 0) is 0 Å². The molecule has 2 unspecified atom stereocenters. The molecule has 0 bridgehead atoms. The van der Waals surface area contributed by atoms with Crippen molar-refractivity contribution in [1.82, 2.24) is 10.3 Å². The second kappa shape index (κ2) is 5.07. The van der Waals surface area contributed by atoms with Gasteiger partial charge in [-0.2, -0.15) is 0 Å². The van der Waals surface area contributed by atoms with Crippen LogP contribution in [0.5, 0.6) is 5.75 Å². The lowest BCUT2D eigenvalue weighted by atomic mass is 9.99. The quantitative estimate of drug-likeness (QED) is 0.876. The number of ether oxygens (including phenoxy) is 1. The summed E-state index contributed by atoms with van der Waals surface area (Å²) in [4.78, 5) is 4.21. The van der Waals surface area contributed by atoms with Gasteiger partial charge < -0.3 is 10.1 Å². The van der Waals surface area contributed by atoms with Gasteiger partial charge in [-0.25, -0.2) is 0 Å². The summed E-state index contributed by atoms with van der Waals surface area (Å²) in [5.74, 6) is 2.36. The number of nitrogens with one attached hydrogen (secondary N) is 1. The molecule has 0 amide bonds. The number of allylic oxidation sites excluding steroid dienone is 1. The molecule has 3 nitrogen and oxygen atoms in total. The Kier molecular flexibility index (Phi) is 3.69. The summed E-state index contributed by atoms with van der Waals surface area (Å²) in [5, 5.41) is 3.43. The van der Waals surface area contributed by atoms with Gasteiger partial charge in [-0.05, 0) is 42.0 Å². The van der Waals surface area contributed by atoms with Gasteiger partial charge in [0, 0.05) is 12.7 Å². The topological polar surface area (TPSA) is 34.1 Å². The molecule has 2 atom stereocenters. The molecule has 1 saturated heterocycles. The molecule has 92 valence electrons. The number of pyridine rings is 1. The summed E-state index contributed by atoms with van der Waals surface area (Å²) < 4.78 is 5.21. The van der Waals surface area contributed by atoms with Crippen molar-refractivity contribution in [2.45, 2.75) is 6.42 Å². The van der Waals surface area contributed by atoms with Gasteiger partial charge >= 0.3 is 0 Å². The third-order valence-electron chi connectivity index (χ3n) is 3.61. The van der Waals surface area contributed by atoms with Crippen LogP contribution in [0.1, 0.15) is 12.0 Å². The Morgan fingerprint density at radius 3 is 3.00 bits per heavy atom. The zero-order chi connectivity index (χ0) is 11.0. The minimum Gasteiger partial charge on any atom is -0.495 e. The smallest absolute Gasteiger partial charge is 0.137 e. The Morgan fingerprint density at radius 1 is 1.35 bits per heavy atom. The van der Waals surface area contributed by atoms with E-state index in [1.807, 2.05) is 6.20 Å². The molecule has 2 heterocycles. The Morgan fingerprint density at radius 2 is 2.24 bits per heavy atom. The van der Waals surface area contributed by atoms with Crippen LogP contribution in [0.3, 0.4) is 0 Å². The van der Waals surface area contributed by atoms with Gasteiger partial charge in [0.2, 0.25) is 0 Å². The van der Waals surface area contributed by atoms with Gasteiger partial charge in [0.05, 0.1) is 13.3 Å². The van der Waals surface area contributed by atoms with Gasteiger partial charge in [0.1, 0.15) is 5.75 Å². The lowest BCUT2D eigenvalue weighted by molar-refractivity contribution is 0.412. The molecule has 0 aromatic carbocycles. The molecule has 0 spiro atoms. The first-order valence-corrected chi connectivity index (χ1v) is 5.77. The van der Waals surface area contributed by atoms with Crippen molar-refractivity contribution in [3.8, 4) is 5.75 Å². The molecule has 1 aliphatic carbocycles. The number of nitrogens with zero attached hydrogens (tertiary/aromatic N) is 1. The molecular weight excluding hydrogens is 236 g/mol. The first-order valence-electron chi connectivity index (χ1n) is 5.77. The number of rotatable bonds is 2. The third-order valence-corrected chi connectivity index (χ3v) is 3.61. The summed E-state index contributed by atoms with van der Waals surface area (Å²) in [6.07, 6.45) is 7.26. The Hall–Kier alpha value is -1.06. The normalized spacial score (nSPS) is 26.1. The number of halogens is 1. The van der Waals surface area contributed by atoms with Crippen LogP contribution in [0.2, 0.25) is 0 Å². The number of aromatic nitrogens is 1. The molecule has 0 saturated carbocycles. The monoisotopic (exact) mass is 252 g/mol. The number of methoxy groups -OCH3 is 1. The van der Waals surface area contributed by atoms with E-state index in [0.29, 0.717) is 0 Å². The summed E-state index contributed by atoms with van der Waals surface area (Å²) in [7, 11) is 1.68. The molecule has 2 aliphatic rings. The fourth-order valence-corrected chi connectivity index (χ4v) is 2.70. The van der Waals surface area contributed by atoms with Crippen LogP contribution >= 0.6 is 12.4 Å². The van der Waals surface area contributed by atoms with Crippen molar-refractivity contribution < 1.29 is 4.74 Å². The molecule has 1 N–H and O–H groups in total. The molecule has 3 rings (SSSR count). The maximum absolute atomic E-state index is 5.21. The third kappa shape index (κ3) is 2.31. The SMILES string of the molecule is COc1cncc(C2=CC3CNCC3C2)c1.Cl. The lowest BCUT2D eigenvalue weighted by Crippen LogP contribution is -2.09. The van der Waals surface area contributed by atoms with Crippen LogP contribution in [0, 0.1) is 11.8 Å². The summed E-state index contributed by atoms with van der Waals surface area (Å²) in [5.41, 5.74) is 2.65. The van der Waals surface area contributed by atoms with Crippen molar-refractivity contribution in [2.24, 2.45) is 11.8 Å². The highest BCUT2D eigenvalue weighted by atomic mass is 35.5. The molecule has 1 aromatic rings. The molecular formula is C13H17ClN2O. The number of hydrogen-bond acceptors (Lipinski definition) is 3. The second-order valence-electron chi connectivity index (χ2n) is 4.59. The average Bonchev–Trinajstić information content (AvgIpc) is 2.89. The second-order valence-corrected chi connectivity index (χ2v) is 4.59. The van der Waals surface area contributed by atoms with E-state index in [1.165, 1.54) is 17.6 Å². The van der Waals surface area contributed by atoms with Crippen LogP contribution < -0.4 is 10.1 Å². The zero-order valence-corrected chi connectivity index (χ0v) is 10.7. The lowest BCUT2D eigenvalue weighted by Gasteiger charge is -2.07. The van der Waals surface area contributed by atoms with Gasteiger partial charge in [0.25, 0.3) is 0 Å². The van der Waals surface area contributed by atoms with Crippen LogP contribution in [0.4, 0.5) is 0 Å². The van der Waals surface area contributed by atoms with Crippen LogP contribution in [0.15, 0.2) is 24.5 Å². The van der Waals surface area contributed by atoms with E-state index in [9.17, 15) is 0 Å². The summed E-state index contributed by atoms with van der Waals surface area (Å²) in [6, 6.07) is 2.08. The van der Waals surface area contributed by atoms with E-state index in [2.05, 4.69) is 22.4 Å². The van der Waals surface area contributed by atoms with E-state index in [-0.39, 0.29) is 12.4 Å². The van der Waals surface area contributed by atoms with Gasteiger partial charge in [0.15, 0.2) is 0 Å². The van der Waals surface area contributed by atoms with Crippen molar-refractivity contribution in [1.29, 1.82) is 0 Å². The van der Waals surface area contributed by atoms with Crippen molar-refractivity contribution in [2.75, 3.05) is 20.2 Å². The van der Waals surface area contributed by atoms with E-state index in [4.69, 9.17) is 4.74 Å². The molecule has 17 heavy (non-hydrogen) atoms. The average molecular weight is 253 g/mol.